The van der Waals surface area contributed by atoms with Gasteiger partial charge in [-0.05, 0) is 89.9 Å². The standard InChI is InChI=1S/C58H101NO3/c1-3-5-7-9-11-13-15-17-18-19-20-21-22-23-24-25-26-27-28-29-30-31-32-33-34-35-36-37-38-39-40-42-44-46-48-50-52-54-58(62)59-56(55-60)57(61)53-51-49-47-45-43-41-16-14-12-10-8-6-4-2/h5,7,11-14,17-18,20-21,23-24,43,45,51,53,56-57,60-61H,3-4,6,8-10,15-16,19,22,25-42,44,46-50,52,54-55H2,1-2H3,(H,59,62)/b7-5-,13-11-,14-12+,18-17-,21-20-,24-23-,45-43+,53-51+. The van der Waals surface area contributed by atoms with Gasteiger partial charge >= 0.3 is 0 Å². The predicted molar refractivity (Wildman–Crippen MR) is 276 cm³/mol. The molecular formula is C58H101NO3. The van der Waals surface area contributed by atoms with Gasteiger partial charge in [0.15, 0.2) is 0 Å². The van der Waals surface area contributed by atoms with Crippen LogP contribution < -0.4 is 5.32 Å². The van der Waals surface area contributed by atoms with Crippen molar-refractivity contribution in [3.63, 3.8) is 0 Å². The number of amides is 1. The number of hydrogen-bond acceptors (Lipinski definition) is 3. The predicted octanol–water partition coefficient (Wildman–Crippen LogP) is 17.4. The van der Waals surface area contributed by atoms with Crippen LogP contribution in [0.3, 0.4) is 0 Å². The Balaban J connectivity index is 3.47. The van der Waals surface area contributed by atoms with Gasteiger partial charge < -0.3 is 15.5 Å². The fourth-order valence-electron chi connectivity index (χ4n) is 7.53. The number of hydrogen-bond donors (Lipinski definition) is 3. The van der Waals surface area contributed by atoms with Crippen molar-refractivity contribution in [2.24, 2.45) is 0 Å². The van der Waals surface area contributed by atoms with E-state index < -0.39 is 12.1 Å². The highest BCUT2D eigenvalue weighted by Crippen LogP contribution is 2.16. The lowest BCUT2D eigenvalue weighted by atomic mass is 10.0. The lowest BCUT2D eigenvalue weighted by molar-refractivity contribution is -0.123. The zero-order valence-corrected chi connectivity index (χ0v) is 40.9. The van der Waals surface area contributed by atoms with Crippen molar-refractivity contribution in [3.8, 4) is 0 Å². The lowest BCUT2D eigenvalue weighted by Crippen LogP contribution is -2.45. The maximum absolute atomic E-state index is 12.4. The van der Waals surface area contributed by atoms with Gasteiger partial charge in [-0.15, -0.1) is 0 Å². The van der Waals surface area contributed by atoms with Crippen molar-refractivity contribution >= 4 is 5.91 Å². The van der Waals surface area contributed by atoms with Crippen LogP contribution in [0.25, 0.3) is 0 Å². The Morgan fingerprint density at radius 2 is 0.726 bits per heavy atom. The largest absolute Gasteiger partial charge is 0.394 e. The first-order valence-electron chi connectivity index (χ1n) is 26.5. The first-order valence-corrected chi connectivity index (χ1v) is 26.5. The molecule has 0 fully saturated rings. The fourth-order valence-corrected chi connectivity index (χ4v) is 7.53. The molecule has 0 spiro atoms. The third-order valence-electron chi connectivity index (χ3n) is 11.5. The zero-order chi connectivity index (χ0) is 44.9. The third kappa shape index (κ3) is 48.3. The molecule has 0 radical (unpaired) electrons. The summed E-state index contributed by atoms with van der Waals surface area (Å²) >= 11 is 0. The van der Waals surface area contributed by atoms with Gasteiger partial charge in [-0.1, -0.05) is 246 Å². The zero-order valence-electron chi connectivity index (χ0n) is 40.9. The van der Waals surface area contributed by atoms with E-state index in [2.05, 4.69) is 104 Å². The molecule has 2 atom stereocenters. The molecule has 0 aliphatic heterocycles. The van der Waals surface area contributed by atoms with E-state index in [9.17, 15) is 15.0 Å². The molecule has 356 valence electrons. The van der Waals surface area contributed by atoms with Gasteiger partial charge in [-0.3, -0.25) is 4.79 Å². The quantitative estimate of drug-likeness (QED) is 0.0422. The monoisotopic (exact) mass is 860 g/mol. The van der Waals surface area contributed by atoms with Gasteiger partial charge in [-0.2, -0.15) is 0 Å². The van der Waals surface area contributed by atoms with E-state index in [-0.39, 0.29) is 12.5 Å². The molecule has 4 nitrogen and oxygen atoms in total. The van der Waals surface area contributed by atoms with Gasteiger partial charge in [0.05, 0.1) is 18.8 Å². The van der Waals surface area contributed by atoms with Crippen LogP contribution in [-0.2, 0) is 4.79 Å². The van der Waals surface area contributed by atoms with Gasteiger partial charge in [0, 0.05) is 6.42 Å². The van der Waals surface area contributed by atoms with Gasteiger partial charge in [-0.25, -0.2) is 0 Å². The highest BCUT2D eigenvalue weighted by Gasteiger charge is 2.17. The molecule has 0 bridgehead atoms. The first kappa shape index (κ1) is 59.3. The van der Waals surface area contributed by atoms with Crippen LogP contribution in [0, 0.1) is 0 Å². The van der Waals surface area contributed by atoms with Crippen LogP contribution in [0.4, 0.5) is 0 Å². The number of aliphatic hydroxyl groups is 2. The maximum atomic E-state index is 12.4. The van der Waals surface area contributed by atoms with E-state index >= 15 is 0 Å². The molecule has 0 saturated carbocycles. The Hall–Kier alpha value is -2.69. The molecule has 0 aliphatic rings. The second kappa shape index (κ2) is 52.7. The fraction of sp³-hybridized carbons (Fsp3) is 0.707. The summed E-state index contributed by atoms with van der Waals surface area (Å²) in [4.78, 5) is 12.4. The minimum Gasteiger partial charge on any atom is -0.394 e. The molecule has 0 rings (SSSR count). The molecule has 3 N–H and O–H groups in total. The number of carbonyl (C=O) groups is 1. The number of unbranched alkanes of at least 4 members (excludes halogenated alkanes) is 26. The van der Waals surface area contributed by atoms with Crippen molar-refractivity contribution in [2.75, 3.05) is 6.61 Å². The van der Waals surface area contributed by atoms with E-state index in [4.69, 9.17) is 0 Å². The second-order valence-electron chi connectivity index (χ2n) is 17.5. The third-order valence-corrected chi connectivity index (χ3v) is 11.5. The molecule has 0 aliphatic carbocycles. The first-order chi connectivity index (χ1) is 30.7. The van der Waals surface area contributed by atoms with Crippen molar-refractivity contribution in [3.05, 3.63) is 97.2 Å². The Kier molecular flexibility index (Phi) is 50.4. The average Bonchev–Trinajstić information content (AvgIpc) is 3.28. The normalized spacial score (nSPS) is 13.7. The van der Waals surface area contributed by atoms with Gasteiger partial charge in [0.25, 0.3) is 0 Å². The Bertz CT molecular complexity index is 1160. The van der Waals surface area contributed by atoms with E-state index in [1.807, 2.05) is 6.08 Å². The maximum Gasteiger partial charge on any atom is 0.220 e. The molecule has 62 heavy (non-hydrogen) atoms. The molecule has 0 saturated heterocycles. The highest BCUT2D eigenvalue weighted by molar-refractivity contribution is 5.76. The van der Waals surface area contributed by atoms with Crippen molar-refractivity contribution < 1.29 is 15.0 Å². The van der Waals surface area contributed by atoms with Gasteiger partial charge in [0.1, 0.15) is 0 Å². The Morgan fingerprint density at radius 1 is 0.403 bits per heavy atom. The molecule has 0 aromatic carbocycles. The highest BCUT2D eigenvalue weighted by atomic mass is 16.3. The lowest BCUT2D eigenvalue weighted by Gasteiger charge is -2.19. The molecule has 0 aromatic rings. The number of allylic oxidation sites excluding steroid dienone is 15. The second-order valence-corrected chi connectivity index (χ2v) is 17.5. The van der Waals surface area contributed by atoms with Gasteiger partial charge in [0.2, 0.25) is 5.91 Å². The van der Waals surface area contributed by atoms with E-state index in [1.165, 1.54) is 154 Å². The summed E-state index contributed by atoms with van der Waals surface area (Å²) in [6, 6.07) is -0.647. The van der Waals surface area contributed by atoms with Crippen LogP contribution in [0.2, 0.25) is 0 Å². The molecule has 0 heterocycles. The van der Waals surface area contributed by atoms with E-state index in [0.717, 1.165) is 70.6 Å². The smallest absolute Gasteiger partial charge is 0.220 e. The minimum absolute atomic E-state index is 0.0793. The number of nitrogens with one attached hydrogen (secondary N) is 1. The number of carbonyl (C=O) groups excluding carboxylic acids is 1. The van der Waals surface area contributed by atoms with Crippen LogP contribution in [0.15, 0.2) is 97.2 Å². The van der Waals surface area contributed by atoms with E-state index in [0.29, 0.717) is 6.42 Å². The van der Waals surface area contributed by atoms with Crippen LogP contribution >= 0.6 is 0 Å². The summed E-state index contributed by atoms with van der Waals surface area (Å²) in [5.74, 6) is -0.0793. The van der Waals surface area contributed by atoms with Crippen molar-refractivity contribution in [2.45, 2.75) is 257 Å². The summed E-state index contributed by atoms with van der Waals surface area (Å²) in [7, 11) is 0. The minimum atomic E-state index is -0.872. The van der Waals surface area contributed by atoms with Crippen molar-refractivity contribution in [1.82, 2.24) is 5.32 Å². The van der Waals surface area contributed by atoms with E-state index in [1.54, 1.807) is 6.08 Å². The SMILES string of the molecule is CC/C=C\C/C=C\C/C=C\C/C=C\C/C=C\CCCCCCCCCCCCCCCCCCCCCCCC(=O)NC(CO)C(O)/C=C/CC/C=C/CC/C=C/CCCCC. The summed E-state index contributed by atoms with van der Waals surface area (Å²) < 4.78 is 0. The Labute approximate surface area is 385 Å². The molecule has 2 unspecified atom stereocenters. The van der Waals surface area contributed by atoms with Crippen LogP contribution in [0.5, 0.6) is 0 Å². The van der Waals surface area contributed by atoms with Crippen LogP contribution in [0.1, 0.15) is 245 Å². The number of rotatable bonds is 47. The number of aliphatic hydroxyl groups excluding tert-OH is 2. The Morgan fingerprint density at radius 3 is 1.13 bits per heavy atom. The van der Waals surface area contributed by atoms with Crippen molar-refractivity contribution in [1.29, 1.82) is 0 Å². The summed E-state index contributed by atoms with van der Waals surface area (Å²) in [6.45, 7) is 4.14. The summed E-state index contributed by atoms with van der Waals surface area (Å²) in [6.07, 6.45) is 78.5. The summed E-state index contributed by atoms with van der Waals surface area (Å²) in [5, 5.41) is 23.0. The molecule has 1 amide bonds. The molecule has 0 aromatic heterocycles. The molecular weight excluding hydrogens is 759 g/mol. The summed E-state index contributed by atoms with van der Waals surface area (Å²) in [5.41, 5.74) is 0. The molecule has 4 heteroatoms. The topological polar surface area (TPSA) is 69.6 Å². The van der Waals surface area contributed by atoms with Crippen LogP contribution in [-0.4, -0.2) is 34.9 Å². The average molecular weight is 860 g/mol.